The van der Waals surface area contributed by atoms with Crippen LogP contribution in [-0.4, -0.2) is 19.0 Å². The third-order valence-corrected chi connectivity index (χ3v) is 2.73. The maximum absolute atomic E-state index is 5.62. The first-order valence-electron chi connectivity index (χ1n) is 7.19. The van der Waals surface area contributed by atoms with E-state index < -0.39 is 5.79 Å². The van der Waals surface area contributed by atoms with E-state index in [1.165, 1.54) is 11.1 Å². The summed E-state index contributed by atoms with van der Waals surface area (Å²) >= 11 is 0. The van der Waals surface area contributed by atoms with Crippen molar-refractivity contribution < 1.29 is 9.47 Å². The van der Waals surface area contributed by atoms with Gasteiger partial charge in [0, 0.05) is 13.2 Å². The van der Waals surface area contributed by atoms with Gasteiger partial charge in [-0.2, -0.15) is 0 Å². The summed E-state index contributed by atoms with van der Waals surface area (Å²) in [7, 11) is 0. The summed E-state index contributed by atoms with van der Waals surface area (Å²) in [6, 6.07) is 0. The molecule has 2 nitrogen and oxygen atoms in total. The third-order valence-electron chi connectivity index (χ3n) is 2.73. The Labute approximate surface area is 119 Å². The van der Waals surface area contributed by atoms with Crippen LogP contribution >= 0.6 is 0 Å². The molecular formula is C17H30O2. The Morgan fingerprint density at radius 3 is 2.11 bits per heavy atom. The van der Waals surface area contributed by atoms with E-state index in [1.54, 1.807) is 0 Å². The van der Waals surface area contributed by atoms with Gasteiger partial charge in [-0.3, -0.25) is 0 Å². The first kappa shape index (κ1) is 18.1. The third kappa shape index (κ3) is 9.69. The second-order valence-electron chi connectivity index (χ2n) is 5.07. The molecule has 0 aliphatic heterocycles. The monoisotopic (exact) mass is 266 g/mol. The van der Waals surface area contributed by atoms with E-state index >= 15 is 0 Å². The van der Waals surface area contributed by atoms with Crippen LogP contribution in [0.5, 0.6) is 0 Å². The summed E-state index contributed by atoms with van der Waals surface area (Å²) < 4.78 is 11.2. The molecule has 0 aromatic rings. The maximum Gasteiger partial charge on any atom is 0.185 e. The van der Waals surface area contributed by atoms with Crippen LogP contribution in [-0.2, 0) is 9.47 Å². The fraction of sp³-hybridized carbons (Fsp3) is 0.647. The van der Waals surface area contributed by atoms with Crippen LogP contribution in [0.4, 0.5) is 0 Å². The summed E-state index contributed by atoms with van der Waals surface area (Å²) in [5.41, 5.74) is 2.74. The molecule has 0 bridgehead atoms. The summed E-state index contributed by atoms with van der Waals surface area (Å²) in [5.74, 6) is -0.611. The van der Waals surface area contributed by atoms with Crippen molar-refractivity contribution in [2.24, 2.45) is 0 Å². The molecule has 19 heavy (non-hydrogen) atoms. The molecule has 0 saturated heterocycles. The zero-order valence-electron chi connectivity index (χ0n) is 13.5. The van der Waals surface area contributed by atoms with E-state index in [2.05, 4.69) is 32.9 Å². The molecule has 0 amide bonds. The molecule has 0 aromatic carbocycles. The van der Waals surface area contributed by atoms with E-state index in [0.717, 1.165) is 12.8 Å². The maximum atomic E-state index is 5.62. The van der Waals surface area contributed by atoms with Gasteiger partial charge in [0.1, 0.15) is 0 Å². The molecule has 0 aromatic heterocycles. The van der Waals surface area contributed by atoms with Crippen LogP contribution in [0.25, 0.3) is 0 Å². The largest absolute Gasteiger partial charge is 0.347 e. The van der Waals surface area contributed by atoms with Gasteiger partial charge in [-0.25, -0.2) is 0 Å². The molecule has 0 heterocycles. The van der Waals surface area contributed by atoms with Crippen molar-refractivity contribution in [3.63, 3.8) is 0 Å². The van der Waals surface area contributed by atoms with Crippen LogP contribution in [0.15, 0.2) is 35.5 Å². The molecule has 0 saturated carbocycles. The minimum absolute atomic E-state index is 0.611. The van der Waals surface area contributed by atoms with Crippen molar-refractivity contribution in [1.82, 2.24) is 0 Å². The second kappa shape index (κ2) is 9.99. The highest BCUT2D eigenvalue weighted by Gasteiger charge is 2.19. The van der Waals surface area contributed by atoms with Crippen molar-refractivity contribution in [2.45, 2.75) is 60.2 Å². The number of allylic oxidation sites excluding steroid dienone is 5. The van der Waals surface area contributed by atoms with Crippen molar-refractivity contribution in [3.05, 3.63) is 35.5 Å². The molecule has 0 unspecified atom stereocenters. The molecule has 0 aliphatic rings. The summed E-state index contributed by atoms with van der Waals surface area (Å²) in [4.78, 5) is 0. The quantitative estimate of drug-likeness (QED) is 0.331. The van der Waals surface area contributed by atoms with Crippen LogP contribution in [0.1, 0.15) is 54.4 Å². The first-order valence-corrected chi connectivity index (χ1v) is 7.19. The number of ether oxygens (including phenoxy) is 2. The Kier molecular flexibility index (Phi) is 9.54. The van der Waals surface area contributed by atoms with Gasteiger partial charge in [0.25, 0.3) is 0 Å². The highest BCUT2D eigenvalue weighted by Crippen LogP contribution is 2.15. The van der Waals surface area contributed by atoms with Crippen LogP contribution < -0.4 is 0 Å². The van der Waals surface area contributed by atoms with E-state index in [1.807, 2.05) is 32.9 Å². The lowest BCUT2D eigenvalue weighted by atomic mass is 10.1. The number of rotatable bonds is 9. The zero-order chi connectivity index (χ0) is 14.7. The Hall–Kier alpha value is -0.860. The topological polar surface area (TPSA) is 18.5 Å². The fourth-order valence-electron chi connectivity index (χ4n) is 1.77. The van der Waals surface area contributed by atoms with Gasteiger partial charge in [-0.1, -0.05) is 29.4 Å². The van der Waals surface area contributed by atoms with Crippen molar-refractivity contribution >= 4 is 0 Å². The molecule has 0 aliphatic carbocycles. The van der Waals surface area contributed by atoms with Crippen LogP contribution in [0.2, 0.25) is 0 Å². The van der Waals surface area contributed by atoms with E-state index in [0.29, 0.717) is 13.2 Å². The lowest BCUT2D eigenvalue weighted by Crippen LogP contribution is -2.29. The van der Waals surface area contributed by atoms with Gasteiger partial charge in [0.05, 0.1) is 0 Å². The van der Waals surface area contributed by atoms with Gasteiger partial charge in [-0.15, -0.1) is 0 Å². The fourth-order valence-corrected chi connectivity index (χ4v) is 1.77. The lowest BCUT2D eigenvalue weighted by molar-refractivity contribution is -0.186. The van der Waals surface area contributed by atoms with Crippen LogP contribution in [0.3, 0.4) is 0 Å². The summed E-state index contributed by atoms with van der Waals surface area (Å²) in [6.07, 6.45) is 10.6. The Balaban J connectivity index is 4.38. The summed E-state index contributed by atoms with van der Waals surface area (Å²) in [5, 5.41) is 0. The van der Waals surface area contributed by atoms with Crippen molar-refractivity contribution in [1.29, 1.82) is 0 Å². The predicted octanol–water partition coefficient (Wildman–Crippen LogP) is 5.02. The Morgan fingerprint density at radius 2 is 1.63 bits per heavy atom. The van der Waals surface area contributed by atoms with Crippen molar-refractivity contribution in [2.75, 3.05) is 13.2 Å². The Bertz CT molecular complexity index is 314. The van der Waals surface area contributed by atoms with Gasteiger partial charge >= 0.3 is 0 Å². The molecule has 0 N–H and O–H groups in total. The Morgan fingerprint density at radius 1 is 1.05 bits per heavy atom. The van der Waals surface area contributed by atoms with Gasteiger partial charge in [-0.05, 0) is 60.5 Å². The molecule has 0 atom stereocenters. The van der Waals surface area contributed by atoms with Crippen LogP contribution in [0, 0.1) is 0 Å². The van der Waals surface area contributed by atoms with E-state index in [-0.39, 0.29) is 0 Å². The first-order chi connectivity index (χ1) is 8.93. The lowest BCUT2D eigenvalue weighted by Gasteiger charge is -2.25. The van der Waals surface area contributed by atoms with E-state index in [4.69, 9.17) is 9.47 Å². The molecule has 0 radical (unpaired) electrons. The highest BCUT2D eigenvalue weighted by atomic mass is 16.7. The van der Waals surface area contributed by atoms with Crippen molar-refractivity contribution in [3.8, 4) is 0 Å². The molecule has 0 fully saturated rings. The standard InChI is InChI=1S/C17H30O2/c1-7-18-17(6,19-8-2)14-10-13-16(5)12-9-11-15(3)4/h10-11,13-14H,7-9,12H2,1-6H3/b14-10+,16-13+. The normalized spacial score (nSPS) is 13.1. The molecule has 110 valence electrons. The summed E-state index contributed by atoms with van der Waals surface area (Å²) in [6.45, 7) is 13.6. The minimum atomic E-state index is -0.611. The molecular weight excluding hydrogens is 236 g/mol. The van der Waals surface area contributed by atoms with Gasteiger partial charge in [0.2, 0.25) is 0 Å². The predicted molar refractivity (Wildman–Crippen MR) is 83.2 cm³/mol. The highest BCUT2D eigenvalue weighted by molar-refractivity contribution is 5.13. The van der Waals surface area contributed by atoms with Gasteiger partial charge in [0.15, 0.2) is 5.79 Å². The minimum Gasteiger partial charge on any atom is -0.347 e. The number of hydrogen-bond acceptors (Lipinski definition) is 2. The molecule has 0 spiro atoms. The molecule has 0 rings (SSSR count). The van der Waals surface area contributed by atoms with E-state index in [9.17, 15) is 0 Å². The average Bonchev–Trinajstić information content (AvgIpc) is 2.28. The second-order valence-corrected chi connectivity index (χ2v) is 5.07. The average molecular weight is 266 g/mol. The smallest absolute Gasteiger partial charge is 0.185 e. The SMILES string of the molecule is CCOC(C)(/C=C/C=C(\C)CCC=C(C)C)OCC. The number of hydrogen-bond donors (Lipinski definition) is 0. The zero-order valence-corrected chi connectivity index (χ0v) is 13.5. The molecule has 2 heteroatoms. The van der Waals surface area contributed by atoms with Gasteiger partial charge < -0.3 is 9.47 Å².